The molecule has 17 heavy (non-hydrogen) atoms. The Kier molecular flexibility index (Phi) is 3.72. The third-order valence-electron chi connectivity index (χ3n) is 2.44. The monoisotopic (exact) mass is 292 g/mol. The first-order valence-electron chi connectivity index (χ1n) is 5.23. The third kappa shape index (κ3) is 2.82. The molecule has 0 saturated heterocycles. The summed E-state index contributed by atoms with van der Waals surface area (Å²) in [5.41, 5.74) is 2.48. The molecule has 2 rings (SSSR count). The zero-order valence-electron chi connectivity index (χ0n) is 9.35. The molecular formula is C14H11FNSe. The van der Waals surface area contributed by atoms with Crippen LogP contribution in [-0.2, 0) is 0 Å². The van der Waals surface area contributed by atoms with Crippen molar-refractivity contribution in [2.24, 2.45) is 4.99 Å². The molecule has 0 aliphatic heterocycles. The van der Waals surface area contributed by atoms with Crippen molar-refractivity contribution in [1.29, 1.82) is 0 Å². The van der Waals surface area contributed by atoms with Gasteiger partial charge in [0, 0.05) is 0 Å². The third-order valence-corrected chi connectivity index (χ3v) is 3.61. The quantitative estimate of drug-likeness (QED) is 0.596. The summed E-state index contributed by atoms with van der Waals surface area (Å²) in [6, 6.07) is 12.4. The topological polar surface area (TPSA) is 12.4 Å². The van der Waals surface area contributed by atoms with Crippen molar-refractivity contribution in [3.8, 4) is 0 Å². The fourth-order valence-electron chi connectivity index (χ4n) is 1.47. The zero-order valence-corrected chi connectivity index (χ0v) is 11.1. The van der Waals surface area contributed by atoms with Crippen molar-refractivity contribution in [3.05, 3.63) is 59.4 Å². The number of aryl methyl sites for hydroxylation is 1. The summed E-state index contributed by atoms with van der Waals surface area (Å²) in [5, 5.41) is 0. The molecule has 0 amide bonds. The van der Waals surface area contributed by atoms with E-state index in [2.05, 4.69) is 21.0 Å². The minimum absolute atomic E-state index is 0.307. The van der Waals surface area contributed by atoms with Gasteiger partial charge in [-0.15, -0.1) is 0 Å². The van der Waals surface area contributed by atoms with Crippen molar-refractivity contribution in [2.75, 3.05) is 0 Å². The second kappa shape index (κ2) is 5.26. The van der Waals surface area contributed by atoms with Crippen LogP contribution in [-0.4, -0.2) is 22.2 Å². The van der Waals surface area contributed by atoms with E-state index < -0.39 is 0 Å². The van der Waals surface area contributed by atoms with Crippen molar-refractivity contribution < 1.29 is 4.39 Å². The van der Waals surface area contributed by atoms with E-state index in [1.165, 1.54) is 6.07 Å². The van der Waals surface area contributed by atoms with Crippen LogP contribution in [0.5, 0.6) is 0 Å². The standard InChI is InChI=1S/C14H11FNSe/c1-10-5-4-6-11(14(10)17)9-16-13-8-3-2-7-12(13)15/h2-9H,1H3. The summed E-state index contributed by atoms with van der Waals surface area (Å²) in [5.74, 6) is -0.307. The Morgan fingerprint density at radius 2 is 1.88 bits per heavy atom. The molecule has 0 aliphatic carbocycles. The Labute approximate surface area is 108 Å². The van der Waals surface area contributed by atoms with E-state index in [4.69, 9.17) is 0 Å². The first-order chi connectivity index (χ1) is 8.18. The second-order valence-electron chi connectivity index (χ2n) is 3.70. The first kappa shape index (κ1) is 12.0. The van der Waals surface area contributed by atoms with Gasteiger partial charge in [0.15, 0.2) is 0 Å². The molecule has 0 spiro atoms. The van der Waals surface area contributed by atoms with Gasteiger partial charge < -0.3 is 0 Å². The molecule has 0 N–H and O–H groups in total. The van der Waals surface area contributed by atoms with Gasteiger partial charge in [-0.1, -0.05) is 0 Å². The van der Waals surface area contributed by atoms with E-state index in [1.54, 1.807) is 24.4 Å². The van der Waals surface area contributed by atoms with Gasteiger partial charge >= 0.3 is 108 Å². The molecule has 0 heterocycles. The Bertz CT molecular complexity index is 564. The number of benzene rings is 2. The van der Waals surface area contributed by atoms with Crippen LogP contribution in [0.1, 0.15) is 11.1 Å². The number of hydrogen-bond acceptors (Lipinski definition) is 1. The summed E-state index contributed by atoms with van der Waals surface area (Å²) >= 11 is 3.00. The van der Waals surface area contributed by atoms with Gasteiger partial charge in [0.25, 0.3) is 0 Å². The molecule has 2 aromatic rings. The first-order valence-corrected chi connectivity index (χ1v) is 6.09. The Balaban J connectivity index is 2.33. The van der Waals surface area contributed by atoms with E-state index in [9.17, 15) is 4.39 Å². The van der Waals surface area contributed by atoms with E-state index in [0.29, 0.717) is 5.69 Å². The van der Waals surface area contributed by atoms with Gasteiger partial charge in [0.1, 0.15) is 0 Å². The van der Waals surface area contributed by atoms with Gasteiger partial charge in [-0.25, -0.2) is 0 Å². The van der Waals surface area contributed by atoms with Crippen LogP contribution in [0.25, 0.3) is 0 Å². The number of nitrogens with zero attached hydrogens (tertiary/aromatic N) is 1. The number of para-hydroxylation sites is 1. The van der Waals surface area contributed by atoms with E-state index in [1.807, 2.05) is 25.1 Å². The fourth-order valence-corrected chi connectivity index (χ4v) is 1.87. The molecule has 0 unspecified atom stereocenters. The molecular weight excluding hydrogens is 280 g/mol. The summed E-state index contributed by atoms with van der Waals surface area (Å²) < 4.78 is 14.4. The maximum absolute atomic E-state index is 13.4. The molecule has 85 valence electrons. The van der Waals surface area contributed by atoms with E-state index in [0.717, 1.165) is 15.6 Å². The number of hydrogen-bond donors (Lipinski definition) is 0. The van der Waals surface area contributed by atoms with Crippen LogP contribution in [0.15, 0.2) is 47.5 Å². The fraction of sp³-hybridized carbons (Fsp3) is 0.0714. The molecule has 0 fully saturated rings. The van der Waals surface area contributed by atoms with Crippen LogP contribution < -0.4 is 4.46 Å². The molecule has 0 saturated carbocycles. The van der Waals surface area contributed by atoms with Crippen LogP contribution >= 0.6 is 0 Å². The Morgan fingerprint density at radius 3 is 2.65 bits per heavy atom. The predicted octanol–water partition coefficient (Wildman–Crippen LogP) is 2.68. The van der Waals surface area contributed by atoms with Gasteiger partial charge in [-0.3, -0.25) is 0 Å². The number of aliphatic imine (C=N–C) groups is 1. The summed E-state index contributed by atoms with van der Waals surface area (Å²) in [6.45, 7) is 2.02. The van der Waals surface area contributed by atoms with Gasteiger partial charge in [-0.05, 0) is 0 Å². The summed E-state index contributed by atoms with van der Waals surface area (Å²) in [4.78, 5) is 4.16. The molecule has 0 aromatic heterocycles. The average molecular weight is 291 g/mol. The van der Waals surface area contributed by atoms with Crippen molar-refractivity contribution in [3.63, 3.8) is 0 Å². The van der Waals surface area contributed by atoms with Crippen LogP contribution in [0.3, 0.4) is 0 Å². The van der Waals surface area contributed by atoms with Gasteiger partial charge in [0.2, 0.25) is 0 Å². The number of rotatable bonds is 2. The van der Waals surface area contributed by atoms with Gasteiger partial charge in [0.05, 0.1) is 0 Å². The average Bonchev–Trinajstić information content (AvgIpc) is 2.33. The molecule has 0 aliphatic rings. The van der Waals surface area contributed by atoms with Crippen LogP contribution in [0, 0.1) is 12.7 Å². The Morgan fingerprint density at radius 1 is 1.12 bits per heavy atom. The molecule has 1 radical (unpaired) electrons. The van der Waals surface area contributed by atoms with Crippen molar-refractivity contribution in [2.45, 2.75) is 6.92 Å². The van der Waals surface area contributed by atoms with Crippen molar-refractivity contribution >= 4 is 32.4 Å². The van der Waals surface area contributed by atoms with Crippen molar-refractivity contribution in [1.82, 2.24) is 0 Å². The van der Waals surface area contributed by atoms with Crippen LogP contribution in [0.4, 0.5) is 10.1 Å². The summed E-state index contributed by atoms with van der Waals surface area (Å²) in [6.07, 6.45) is 1.68. The SMILES string of the molecule is Cc1cccc(C=Nc2ccccc2F)c1[Se]. The second-order valence-corrected chi connectivity index (χ2v) is 4.56. The number of halogens is 1. The van der Waals surface area contributed by atoms with E-state index >= 15 is 0 Å². The molecule has 1 nitrogen and oxygen atoms in total. The molecule has 3 heteroatoms. The van der Waals surface area contributed by atoms with Crippen LogP contribution in [0.2, 0.25) is 0 Å². The molecule has 0 bridgehead atoms. The Hall–Kier alpha value is -1.44. The summed E-state index contributed by atoms with van der Waals surface area (Å²) in [7, 11) is 0. The predicted molar refractivity (Wildman–Crippen MR) is 70.2 cm³/mol. The van der Waals surface area contributed by atoms with E-state index in [-0.39, 0.29) is 5.82 Å². The normalized spacial score (nSPS) is 10.9. The molecule has 2 aromatic carbocycles. The molecule has 0 atom stereocenters. The minimum atomic E-state index is -0.307. The maximum atomic E-state index is 13.4. The zero-order chi connectivity index (χ0) is 12.3. The van der Waals surface area contributed by atoms with Gasteiger partial charge in [-0.2, -0.15) is 0 Å².